The number of hydrogen-bond donors (Lipinski definition) is 2. The fourth-order valence-corrected chi connectivity index (χ4v) is 4.08. The van der Waals surface area contributed by atoms with E-state index < -0.39 is 11.3 Å². The molecular weight excluding hydrogens is 330 g/mol. The summed E-state index contributed by atoms with van der Waals surface area (Å²) in [6, 6.07) is 3.59. The van der Waals surface area contributed by atoms with Crippen LogP contribution in [0.15, 0.2) is 41.9 Å². The molecule has 8 heteroatoms. The molecule has 24 heavy (non-hydrogen) atoms. The predicted octanol–water partition coefficient (Wildman–Crippen LogP) is 1.20. The summed E-state index contributed by atoms with van der Waals surface area (Å²) < 4.78 is 0. The lowest BCUT2D eigenvalue weighted by Gasteiger charge is -2.46. The second-order valence-corrected chi connectivity index (χ2v) is 6.66. The highest BCUT2D eigenvalue weighted by Gasteiger charge is 2.48. The van der Waals surface area contributed by atoms with Crippen molar-refractivity contribution in [3.63, 3.8) is 0 Å². The quantitative estimate of drug-likeness (QED) is 0.796. The van der Waals surface area contributed by atoms with Crippen molar-refractivity contribution in [2.75, 3.05) is 0 Å². The van der Waals surface area contributed by atoms with Gasteiger partial charge in [0.25, 0.3) is 0 Å². The van der Waals surface area contributed by atoms with Crippen molar-refractivity contribution in [3.05, 3.63) is 47.4 Å². The lowest BCUT2D eigenvalue weighted by atomic mass is 10.0. The van der Waals surface area contributed by atoms with Crippen LogP contribution in [-0.4, -0.2) is 43.5 Å². The number of carbonyl (C=O) groups is 3. The summed E-state index contributed by atoms with van der Waals surface area (Å²) in [7, 11) is 0. The number of aromatic nitrogens is 1. The molecule has 2 atom stereocenters. The van der Waals surface area contributed by atoms with Gasteiger partial charge in [0, 0.05) is 24.9 Å². The van der Waals surface area contributed by atoms with Crippen molar-refractivity contribution < 1.29 is 19.5 Å². The van der Waals surface area contributed by atoms with Gasteiger partial charge < -0.3 is 10.4 Å². The van der Waals surface area contributed by atoms with Crippen LogP contribution in [0.5, 0.6) is 0 Å². The maximum Gasteiger partial charge on any atom is 0.353 e. The molecule has 0 bridgehead atoms. The Morgan fingerprint density at radius 1 is 1.46 bits per heavy atom. The van der Waals surface area contributed by atoms with Crippen LogP contribution in [0.1, 0.15) is 18.9 Å². The van der Waals surface area contributed by atoms with E-state index in [1.807, 2.05) is 6.07 Å². The number of carboxylic acid groups (broad SMARTS) is 1. The Labute approximate surface area is 142 Å². The Morgan fingerprint density at radius 3 is 2.83 bits per heavy atom. The number of rotatable bonds is 4. The Hall–Kier alpha value is -2.61. The maximum absolute atomic E-state index is 11.8. The fourth-order valence-electron chi connectivity index (χ4n) is 2.61. The average Bonchev–Trinajstić information content (AvgIpc) is 2.53. The number of fused-ring (bicyclic) bond motifs is 1. The molecule has 0 saturated carbocycles. The molecule has 3 heterocycles. The Kier molecular flexibility index (Phi) is 4.39. The molecule has 1 aromatic heterocycles. The number of β-lactam (4-membered cyclic amide) rings is 1. The van der Waals surface area contributed by atoms with E-state index in [2.05, 4.69) is 10.3 Å². The van der Waals surface area contributed by atoms with Crippen molar-refractivity contribution in [2.24, 2.45) is 0 Å². The minimum atomic E-state index is -1.19. The number of amides is 2. The molecule has 1 saturated heterocycles. The van der Waals surface area contributed by atoms with E-state index >= 15 is 0 Å². The first-order valence-electron chi connectivity index (χ1n) is 7.27. The largest absolute Gasteiger partial charge is 0.477 e. The van der Waals surface area contributed by atoms with E-state index in [-0.39, 0.29) is 29.3 Å². The van der Waals surface area contributed by atoms with Gasteiger partial charge >= 0.3 is 5.97 Å². The number of pyridine rings is 1. The number of carbonyl (C=O) groups excluding carboxylic acids is 2. The number of thioether (sulfide) groups is 1. The van der Waals surface area contributed by atoms with Crippen LogP contribution in [-0.2, 0) is 14.4 Å². The van der Waals surface area contributed by atoms with Gasteiger partial charge in [0.15, 0.2) is 0 Å². The van der Waals surface area contributed by atoms with Gasteiger partial charge in [-0.3, -0.25) is 19.5 Å². The maximum atomic E-state index is 11.8. The van der Waals surface area contributed by atoms with E-state index in [4.69, 9.17) is 0 Å². The Morgan fingerprint density at radius 2 is 2.25 bits per heavy atom. The van der Waals surface area contributed by atoms with Gasteiger partial charge in [0.05, 0.1) is 11.8 Å². The Bertz CT molecular complexity index is 760. The Balaban J connectivity index is 2.03. The molecule has 0 radical (unpaired) electrons. The normalized spacial score (nSPS) is 23.0. The molecule has 1 aromatic rings. The van der Waals surface area contributed by atoms with Crippen molar-refractivity contribution in [3.8, 4) is 0 Å². The molecule has 0 aliphatic carbocycles. The first-order valence-corrected chi connectivity index (χ1v) is 8.22. The van der Waals surface area contributed by atoms with Gasteiger partial charge in [-0.1, -0.05) is 18.2 Å². The second-order valence-electron chi connectivity index (χ2n) is 5.37. The zero-order valence-electron chi connectivity index (χ0n) is 12.8. The molecule has 2 amide bonds. The molecular formula is C16H15N3O4S. The highest BCUT2D eigenvalue weighted by atomic mass is 32.2. The first kappa shape index (κ1) is 16.3. The highest BCUT2D eigenvalue weighted by molar-refractivity contribution is 8.00. The van der Waals surface area contributed by atoms with E-state index in [1.54, 1.807) is 30.6 Å². The molecule has 2 aliphatic heterocycles. The molecule has 0 aromatic carbocycles. The number of nitrogens with one attached hydrogen (secondary N) is 1. The third-order valence-corrected chi connectivity index (χ3v) is 5.01. The average molecular weight is 345 g/mol. The van der Waals surface area contributed by atoms with Gasteiger partial charge in [-0.25, -0.2) is 4.79 Å². The van der Waals surface area contributed by atoms with Gasteiger partial charge in [-0.05, 0) is 11.6 Å². The third kappa shape index (κ3) is 3.05. The monoisotopic (exact) mass is 345 g/mol. The minimum absolute atomic E-state index is 0.0751. The zero-order chi connectivity index (χ0) is 17.3. The van der Waals surface area contributed by atoms with Gasteiger partial charge in [0.1, 0.15) is 11.1 Å². The lowest BCUT2D eigenvalue weighted by molar-refractivity contribution is -0.146. The lowest BCUT2D eigenvalue weighted by Crippen LogP contribution is -2.57. The molecule has 1 unspecified atom stereocenters. The highest BCUT2D eigenvalue weighted by Crippen LogP contribution is 2.43. The molecule has 1 fully saturated rings. The summed E-state index contributed by atoms with van der Waals surface area (Å²) in [4.78, 5) is 40.3. The topological polar surface area (TPSA) is 99.6 Å². The van der Waals surface area contributed by atoms with Gasteiger partial charge in [0.2, 0.25) is 11.8 Å². The summed E-state index contributed by atoms with van der Waals surface area (Å²) in [6.07, 6.45) is 6.88. The van der Waals surface area contributed by atoms with Crippen molar-refractivity contribution in [2.45, 2.75) is 24.1 Å². The fraction of sp³-hybridized carbons (Fsp3) is 0.250. The first-order chi connectivity index (χ1) is 11.5. The van der Waals surface area contributed by atoms with E-state index in [0.29, 0.717) is 5.57 Å². The van der Waals surface area contributed by atoms with Crippen molar-refractivity contribution in [1.82, 2.24) is 15.2 Å². The SMILES string of the molecule is CC(=O)NC1S[C@@H]2CC(=O)N2C(C(=O)O)=C1C=Cc1cccnc1. The van der Waals surface area contributed by atoms with Gasteiger partial charge in [-0.2, -0.15) is 0 Å². The summed E-state index contributed by atoms with van der Waals surface area (Å²) >= 11 is 1.36. The molecule has 2 N–H and O–H groups in total. The molecule has 2 aliphatic rings. The number of carboxylic acids is 1. The van der Waals surface area contributed by atoms with Crippen LogP contribution in [0.2, 0.25) is 0 Å². The number of aliphatic carboxylic acids is 1. The second kappa shape index (κ2) is 6.48. The van der Waals surface area contributed by atoms with Crippen LogP contribution in [0, 0.1) is 0 Å². The predicted molar refractivity (Wildman–Crippen MR) is 88.4 cm³/mol. The van der Waals surface area contributed by atoms with Crippen LogP contribution in [0.25, 0.3) is 6.08 Å². The standard InChI is InChI=1S/C16H15N3O4S/c1-9(20)18-15-11(5-4-10-3-2-6-17-8-10)14(16(22)23)19-12(21)7-13(19)24-15/h2-6,8,13,15H,7H2,1H3,(H,18,20)(H,22,23)/t13-,15?/m1/s1. The summed E-state index contributed by atoms with van der Waals surface area (Å²) in [5.41, 5.74) is 1.10. The van der Waals surface area contributed by atoms with Crippen molar-refractivity contribution >= 4 is 35.6 Å². The number of nitrogens with zero attached hydrogens (tertiary/aromatic N) is 2. The smallest absolute Gasteiger partial charge is 0.353 e. The third-order valence-electron chi connectivity index (χ3n) is 3.67. The molecule has 0 spiro atoms. The van der Waals surface area contributed by atoms with Crippen LogP contribution < -0.4 is 5.32 Å². The minimum Gasteiger partial charge on any atom is -0.477 e. The van der Waals surface area contributed by atoms with Crippen LogP contribution >= 0.6 is 11.8 Å². The molecule has 124 valence electrons. The summed E-state index contributed by atoms with van der Waals surface area (Å²) in [5, 5.41) is 11.6. The van der Waals surface area contributed by atoms with Crippen molar-refractivity contribution in [1.29, 1.82) is 0 Å². The number of hydrogen-bond acceptors (Lipinski definition) is 5. The van der Waals surface area contributed by atoms with Crippen LogP contribution in [0.3, 0.4) is 0 Å². The summed E-state index contributed by atoms with van der Waals surface area (Å²) in [5.74, 6) is -1.67. The van der Waals surface area contributed by atoms with Crippen LogP contribution in [0.4, 0.5) is 0 Å². The van der Waals surface area contributed by atoms with Gasteiger partial charge in [-0.15, -0.1) is 11.8 Å². The molecule has 7 nitrogen and oxygen atoms in total. The van der Waals surface area contributed by atoms with E-state index in [0.717, 1.165) is 5.56 Å². The zero-order valence-corrected chi connectivity index (χ0v) is 13.6. The van der Waals surface area contributed by atoms with E-state index in [9.17, 15) is 19.5 Å². The molecule has 3 rings (SSSR count). The van der Waals surface area contributed by atoms with E-state index in [1.165, 1.54) is 23.6 Å². The summed E-state index contributed by atoms with van der Waals surface area (Å²) in [6.45, 7) is 1.38.